The minimum atomic E-state index is -1.15. The summed E-state index contributed by atoms with van der Waals surface area (Å²) in [6.45, 7) is 1.90. The topological polar surface area (TPSA) is 101 Å². The molecule has 0 atom stereocenters. The number of nitrogens with one attached hydrogen (secondary N) is 2. The summed E-state index contributed by atoms with van der Waals surface area (Å²) in [7, 11) is 1.50. The average Bonchev–Trinajstić information content (AvgIpc) is 3.05. The highest BCUT2D eigenvalue weighted by atomic mass is 32.1. The van der Waals surface area contributed by atoms with Crippen LogP contribution in [0, 0.1) is 0 Å². The van der Waals surface area contributed by atoms with Crippen molar-refractivity contribution >= 4 is 34.9 Å². The van der Waals surface area contributed by atoms with E-state index in [0.717, 1.165) is 6.42 Å². The maximum Gasteiger partial charge on any atom is 0.371 e. The average molecular weight is 362 g/mol. The molecule has 0 aliphatic carbocycles. The van der Waals surface area contributed by atoms with Crippen molar-refractivity contribution in [2.75, 3.05) is 12.4 Å². The van der Waals surface area contributed by atoms with Crippen LogP contribution in [0.4, 0.5) is 5.69 Å². The molecule has 1 aromatic carbocycles. The molecule has 2 rings (SSSR count). The van der Waals surface area contributed by atoms with Gasteiger partial charge in [-0.3, -0.25) is 4.79 Å². The van der Waals surface area contributed by atoms with Gasteiger partial charge in [-0.2, -0.15) is 0 Å². The van der Waals surface area contributed by atoms with Crippen molar-refractivity contribution < 1.29 is 23.8 Å². The van der Waals surface area contributed by atoms with Crippen molar-refractivity contribution in [3.63, 3.8) is 0 Å². The molecule has 0 unspecified atom stereocenters. The van der Waals surface area contributed by atoms with Crippen LogP contribution in [0.25, 0.3) is 11.3 Å². The lowest BCUT2D eigenvalue weighted by molar-refractivity contribution is -0.119. The van der Waals surface area contributed by atoms with E-state index in [4.69, 9.17) is 26.5 Å². The molecule has 0 fully saturated rings. The molecule has 0 aliphatic heterocycles. The van der Waals surface area contributed by atoms with Crippen molar-refractivity contribution in [2.24, 2.45) is 0 Å². The first-order valence-electron chi connectivity index (χ1n) is 7.57. The Balaban J connectivity index is 2.22. The van der Waals surface area contributed by atoms with Gasteiger partial charge in [0.05, 0.1) is 12.7 Å². The molecule has 0 bridgehead atoms. The maximum absolute atomic E-state index is 11.6. The second-order valence-electron chi connectivity index (χ2n) is 5.14. The molecule has 2 aromatic rings. The number of hydrogen-bond acceptors (Lipinski definition) is 5. The largest absolute Gasteiger partial charge is 0.496 e. The third-order valence-electron chi connectivity index (χ3n) is 3.27. The minimum Gasteiger partial charge on any atom is -0.496 e. The molecule has 3 N–H and O–H groups in total. The fourth-order valence-corrected chi connectivity index (χ4v) is 2.39. The van der Waals surface area contributed by atoms with Crippen LogP contribution in [0.1, 0.15) is 30.3 Å². The third kappa shape index (κ3) is 4.80. The number of carbonyl (C=O) groups excluding carboxylic acids is 1. The normalized spacial score (nSPS) is 10.2. The van der Waals surface area contributed by atoms with Crippen LogP contribution in [0.15, 0.2) is 34.7 Å². The van der Waals surface area contributed by atoms with Crippen molar-refractivity contribution in [3.8, 4) is 17.1 Å². The Kier molecular flexibility index (Phi) is 6.13. The first-order chi connectivity index (χ1) is 11.9. The first-order valence-corrected chi connectivity index (χ1v) is 7.97. The van der Waals surface area contributed by atoms with Gasteiger partial charge in [0.15, 0.2) is 5.11 Å². The predicted octanol–water partition coefficient (Wildman–Crippen LogP) is 3.27. The number of furan rings is 1. The molecule has 0 saturated heterocycles. The van der Waals surface area contributed by atoms with Gasteiger partial charge in [-0.25, -0.2) is 4.79 Å². The molecular weight excluding hydrogens is 344 g/mol. The van der Waals surface area contributed by atoms with Crippen LogP contribution in [-0.2, 0) is 4.79 Å². The zero-order chi connectivity index (χ0) is 18.4. The van der Waals surface area contributed by atoms with Gasteiger partial charge in [0.2, 0.25) is 11.7 Å². The van der Waals surface area contributed by atoms with Gasteiger partial charge in [-0.05, 0) is 49.0 Å². The second kappa shape index (κ2) is 8.29. The lowest BCUT2D eigenvalue weighted by Crippen LogP contribution is -2.33. The molecular formula is C17H18N2O5S. The van der Waals surface area contributed by atoms with Gasteiger partial charge < -0.3 is 24.9 Å². The number of aromatic carboxylic acids is 1. The Bertz CT molecular complexity index is 800. The smallest absolute Gasteiger partial charge is 0.371 e. The number of methoxy groups -OCH3 is 1. The number of benzene rings is 1. The molecule has 0 spiro atoms. The lowest BCUT2D eigenvalue weighted by Gasteiger charge is -2.12. The number of carboxylic acids is 1. The molecule has 132 valence electrons. The van der Waals surface area contributed by atoms with E-state index in [1.807, 2.05) is 6.92 Å². The van der Waals surface area contributed by atoms with E-state index >= 15 is 0 Å². The third-order valence-corrected chi connectivity index (χ3v) is 3.47. The fraction of sp³-hybridized carbons (Fsp3) is 0.235. The van der Waals surface area contributed by atoms with E-state index in [0.29, 0.717) is 29.2 Å². The van der Waals surface area contributed by atoms with Gasteiger partial charge in [-0.15, -0.1) is 0 Å². The molecule has 8 heteroatoms. The fourth-order valence-electron chi connectivity index (χ4n) is 2.15. The van der Waals surface area contributed by atoms with E-state index in [1.54, 1.807) is 24.3 Å². The van der Waals surface area contributed by atoms with Crippen LogP contribution < -0.4 is 15.4 Å². The van der Waals surface area contributed by atoms with Crippen molar-refractivity contribution in [1.29, 1.82) is 0 Å². The standard InChI is InChI=1S/C17H18N2O5S/c1-3-4-15(20)19-17(25)18-10-5-6-12(23-2)11(9-10)13-7-8-14(24-13)16(21)22/h5-9H,3-4H2,1-2H3,(H,21,22)(H2,18,19,20,25). The van der Waals surface area contributed by atoms with Crippen LogP contribution >= 0.6 is 12.2 Å². The summed E-state index contributed by atoms with van der Waals surface area (Å²) in [4.78, 5) is 22.5. The van der Waals surface area contributed by atoms with Crippen LogP contribution in [-0.4, -0.2) is 29.2 Å². The van der Waals surface area contributed by atoms with E-state index in [-0.39, 0.29) is 16.8 Å². The predicted molar refractivity (Wildman–Crippen MR) is 96.9 cm³/mol. The van der Waals surface area contributed by atoms with Crippen molar-refractivity contribution in [2.45, 2.75) is 19.8 Å². The van der Waals surface area contributed by atoms with Crippen LogP contribution in [0.5, 0.6) is 5.75 Å². The Labute approximate surface area is 150 Å². The monoisotopic (exact) mass is 362 g/mol. The van der Waals surface area contributed by atoms with Gasteiger partial charge in [-0.1, -0.05) is 6.92 Å². The minimum absolute atomic E-state index is 0.161. The Morgan fingerprint density at radius 2 is 2.04 bits per heavy atom. The molecule has 25 heavy (non-hydrogen) atoms. The number of carbonyl (C=O) groups is 2. The zero-order valence-electron chi connectivity index (χ0n) is 13.8. The second-order valence-corrected chi connectivity index (χ2v) is 5.54. The highest BCUT2D eigenvalue weighted by Crippen LogP contribution is 2.33. The Hall–Kier alpha value is -2.87. The number of thiocarbonyl (C=S) groups is 1. The summed E-state index contributed by atoms with van der Waals surface area (Å²) < 4.78 is 10.6. The number of amides is 1. The van der Waals surface area contributed by atoms with E-state index in [2.05, 4.69) is 10.6 Å². The molecule has 1 heterocycles. The van der Waals surface area contributed by atoms with Crippen molar-refractivity contribution in [3.05, 3.63) is 36.1 Å². The number of rotatable bonds is 6. The highest BCUT2D eigenvalue weighted by molar-refractivity contribution is 7.80. The Morgan fingerprint density at radius 1 is 1.28 bits per heavy atom. The molecule has 0 aliphatic rings. The van der Waals surface area contributed by atoms with Crippen molar-refractivity contribution in [1.82, 2.24) is 5.32 Å². The highest BCUT2D eigenvalue weighted by Gasteiger charge is 2.15. The van der Waals surface area contributed by atoms with Crippen LogP contribution in [0.3, 0.4) is 0 Å². The maximum atomic E-state index is 11.6. The quantitative estimate of drug-likeness (QED) is 0.678. The van der Waals surface area contributed by atoms with Gasteiger partial charge in [0.25, 0.3) is 0 Å². The zero-order valence-corrected chi connectivity index (χ0v) is 14.6. The molecule has 0 saturated carbocycles. The lowest BCUT2D eigenvalue weighted by atomic mass is 10.1. The summed E-state index contributed by atoms with van der Waals surface area (Å²) >= 11 is 5.11. The van der Waals surface area contributed by atoms with E-state index in [9.17, 15) is 9.59 Å². The molecule has 1 aromatic heterocycles. The summed E-state index contributed by atoms with van der Waals surface area (Å²) in [5, 5.41) is 14.7. The van der Waals surface area contributed by atoms with E-state index < -0.39 is 5.97 Å². The summed E-state index contributed by atoms with van der Waals surface area (Å²) in [5.41, 5.74) is 1.16. The van der Waals surface area contributed by atoms with Gasteiger partial charge in [0, 0.05) is 12.1 Å². The number of carboxylic acid groups (broad SMARTS) is 1. The Morgan fingerprint density at radius 3 is 2.64 bits per heavy atom. The number of anilines is 1. The number of hydrogen-bond donors (Lipinski definition) is 3. The summed E-state index contributed by atoms with van der Waals surface area (Å²) in [5.74, 6) is -0.625. The van der Waals surface area contributed by atoms with E-state index in [1.165, 1.54) is 13.2 Å². The number of ether oxygens (including phenoxy) is 1. The van der Waals surface area contributed by atoms with Gasteiger partial charge >= 0.3 is 5.97 Å². The summed E-state index contributed by atoms with van der Waals surface area (Å²) in [6.07, 6.45) is 1.12. The first kappa shape index (κ1) is 18.5. The van der Waals surface area contributed by atoms with Crippen LogP contribution in [0.2, 0.25) is 0 Å². The van der Waals surface area contributed by atoms with Gasteiger partial charge in [0.1, 0.15) is 11.5 Å². The molecule has 7 nitrogen and oxygen atoms in total. The molecule has 0 radical (unpaired) electrons. The SMILES string of the molecule is CCCC(=O)NC(=S)Nc1ccc(OC)c(-c2ccc(C(=O)O)o2)c1. The summed E-state index contributed by atoms with van der Waals surface area (Å²) in [6, 6.07) is 8.03. The molecule has 1 amide bonds.